The molecule has 0 aliphatic heterocycles. The molecule has 0 aromatic heterocycles. The fraction of sp³-hybridized carbons (Fsp3) is 0.917. The van der Waals surface area contributed by atoms with Crippen LogP contribution in [0.5, 0.6) is 0 Å². The summed E-state index contributed by atoms with van der Waals surface area (Å²) in [7, 11) is 1.60. The van der Waals surface area contributed by atoms with E-state index >= 15 is 0 Å². The minimum atomic E-state index is -0.629. The molecule has 0 saturated heterocycles. The number of amides is 1. The molecule has 6 nitrogen and oxygen atoms in total. The zero-order valence-electron chi connectivity index (χ0n) is 11.7. The monoisotopic (exact) mass is 262 g/mol. The Balaban J connectivity index is 3.52. The molecule has 0 saturated carbocycles. The summed E-state index contributed by atoms with van der Waals surface area (Å²) in [4.78, 5) is 11.3. The molecule has 0 aromatic carbocycles. The second kappa shape index (κ2) is 10.3. The van der Waals surface area contributed by atoms with Crippen molar-refractivity contribution in [1.82, 2.24) is 10.6 Å². The third kappa shape index (κ3) is 10.5. The van der Waals surface area contributed by atoms with E-state index in [9.17, 15) is 9.90 Å². The summed E-state index contributed by atoms with van der Waals surface area (Å²) in [6.07, 6.45) is -0.676. The molecule has 108 valence electrons. The maximum absolute atomic E-state index is 11.3. The van der Waals surface area contributed by atoms with E-state index in [1.54, 1.807) is 7.11 Å². The van der Waals surface area contributed by atoms with Gasteiger partial charge in [-0.25, -0.2) is 0 Å². The second-order valence-electron chi connectivity index (χ2n) is 4.61. The molecule has 6 heteroatoms. The van der Waals surface area contributed by atoms with Crippen LogP contribution in [0.3, 0.4) is 0 Å². The highest BCUT2D eigenvalue weighted by molar-refractivity contribution is 5.78. The van der Waals surface area contributed by atoms with Gasteiger partial charge in [0, 0.05) is 19.7 Å². The number of aliphatic hydroxyl groups is 1. The molecule has 0 spiro atoms. The highest BCUT2D eigenvalue weighted by atomic mass is 16.5. The summed E-state index contributed by atoms with van der Waals surface area (Å²) in [6, 6.07) is 0.127. The number of hydrogen-bond acceptors (Lipinski definition) is 5. The Morgan fingerprint density at radius 1 is 1.28 bits per heavy atom. The van der Waals surface area contributed by atoms with Gasteiger partial charge in [0.05, 0.1) is 32.0 Å². The van der Waals surface area contributed by atoms with Crippen molar-refractivity contribution in [2.24, 2.45) is 0 Å². The molecule has 2 atom stereocenters. The molecule has 0 fully saturated rings. The van der Waals surface area contributed by atoms with Crippen molar-refractivity contribution in [3.8, 4) is 0 Å². The van der Waals surface area contributed by atoms with Crippen molar-refractivity contribution >= 4 is 5.91 Å². The van der Waals surface area contributed by atoms with Crippen LogP contribution in [0.15, 0.2) is 0 Å². The van der Waals surface area contributed by atoms with Crippen LogP contribution in [0.2, 0.25) is 0 Å². The van der Waals surface area contributed by atoms with Gasteiger partial charge < -0.3 is 25.2 Å². The number of aliphatic hydroxyl groups excluding tert-OH is 1. The molecule has 3 N–H and O–H groups in total. The minimum Gasteiger partial charge on any atom is -0.389 e. The Morgan fingerprint density at radius 2 is 1.94 bits per heavy atom. The molecule has 0 heterocycles. The first-order chi connectivity index (χ1) is 8.45. The van der Waals surface area contributed by atoms with Crippen LogP contribution in [0.4, 0.5) is 0 Å². The second-order valence-corrected chi connectivity index (χ2v) is 4.61. The number of methoxy groups -OCH3 is 1. The van der Waals surface area contributed by atoms with Gasteiger partial charge in [0.2, 0.25) is 5.91 Å². The summed E-state index contributed by atoms with van der Waals surface area (Å²) in [5.74, 6) is -0.0779. The van der Waals surface area contributed by atoms with Crippen LogP contribution in [-0.2, 0) is 14.3 Å². The van der Waals surface area contributed by atoms with Crippen molar-refractivity contribution in [2.75, 3.05) is 33.4 Å². The Labute approximate surface area is 109 Å². The van der Waals surface area contributed by atoms with Crippen LogP contribution in [-0.4, -0.2) is 62.7 Å². The van der Waals surface area contributed by atoms with E-state index in [0.717, 1.165) is 0 Å². The first-order valence-electron chi connectivity index (χ1n) is 6.24. The van der Waals surface area contributed by atoms with Crippen molar-refractivity contribution < 1.29 is 19.4 Å². The SMILES string of the molecule is COCC(C)OCC(O)CNCC(=O)NC(C)C. The summed E-state index contributed by atoms with van der Waals surface area (Å²) in [5.41, 5.74) is 0. The van der Waals surface area contributed by atoms with Crippen molar-refractivity contribution in [1.29, 1.82) is 0 Å². The lowest BCUT2D eigenvalue weighted by Crippen LogP contribution is -2.41. The molecule has 0 aliphatic rings. The normalized spacial score (nSPS) is 14.6. The average molecular weight is 262 g/mol. The highest BCUT2D eigenvalue weighted by Crippen LogP contribution is 1.93. The van der Waals surface area contributed by atoms with Gasteiger partial charge in [0.15, 0.2) is 0 Å². The fourth-order valence-electron chi connectivity index (χ4n) is 1.34. The average Bonchev–Trinajstić information content (AvgIpc) is 2.25. The van der Waals surface area contributed by atoms with E-state index in [1.165, 1.54) is 0 Å². The van der Waals surface area contributed by atoms with Gasteiger partial charge in [-0.1, -0.05) is 0 Å². The van der Waals surface area contributed by atoms with Crippen molar-refractivity contribution in [3.63, 3.8) is 0 Å². The van der Waals surface area contributed by atoms with Gasteiger partial charge in [-0.3, -0.25) is 4.79 Å². The largest absolute Gasteiger partial charge is 0.389 e. The smallest absolute Gasteiger partial charge is 0.234 e. The van der Waals surface area contributed by atoms with E-state index < -0.39 is 6.10 Å². The van der Waals surface area contributed by atoms with Gasteiger partial charge >= 0.3 is 0 Å². The lowest BCUT2D eigenvalue weighted by molar-refractivity contribution is -0.120. The molecule has 0 radical (unpaired) electrons. The summed E-state index contributed by atoms with van der Waals surface area (Å²) in [6.45, 7) is 6.92. The molecular formula is C12H26N2O4. The first-order valence-corrected chi connectivity index (χ1v) is 6.24. The number of ether oxygens (including phenoxy) is 2. The Bertz CT molecular complexity index is 224. The molecular weight excluding hydrogens is 236 g/mol. The van der Waals surface area contributed by atoms with Gasteiger partial charge in [0.1, 0.15) is 0 Å². The number of carbonyl (C=O) groups excluding carboxylic acids is 1. The van der Waals surface area contributed by atoms with E-state index in [4.69, 9.17) is 9.47 Å². The number of rotatable bonds is 10. The quantitative estimate of drug-likeness (QED) is 0.495. The molecule has 0 aliphatic carbocycles. The molecule has 1 amide bonds. The van der Waals surface area contributed by atoms with Crippen molar-refractivity contribution in [2.45, 2.75) is 39.0 Å². The van der Waals surface area contributed by atoms with Gasteiger partial charge in [-0.2, -0.15) is 0 Å². The lowest BCUT2D eigenvalue weighted by Gasteiger charge is -2.16. The standard InChI is InChI=1S/C12H26N2O4/c1-9(2)14-12(16)6-13-5-11(15)8-18-10(3)7-17-4/h9-11,13,15H,5-8H2,1-4H3,(H,14,16). The number of carbonyl (C=O) groups is 1. The Kier molecular flexibility index (Phi) is 9.86. The minimum absolute atomic E-state index is 0.0473. The molecule has 0 bridgehead atoms. The van der Waals surface area contributed by atoms with Gasteiger partial charge in [0.25, 0.3) is 0 Å². The predicted octanol–water partition coefficient (Wildman–Crippen LogP) is -0.487. The third-order valence-corrected chi connectivity index (χ3v) is 2.09. The summed E-state index contributed by atoms with van der Waals surface area (Å²) < 4.78 is 10.3. The van der Waals surface area contributed by atoms with Crippen LogP contribution in [0.25, 0.3) is 0 Å². The van der Waals surface area contributed by atoms with E-state index in [0.29, 0.717) is 13.2 Å². The zero-order valence-corrected chi connectivity index (χ0v) is 11.7. The molecule has 18 heavy (non-hydrogen) atoms. The summed E-state index contributed by atoms with van der Waals surface area (Å²) >= 11 is 0. The van der Waals surface area contributed by atoms with E-state index in [1.807, 2.05) is 20.8 Å². The highest BCUT2D eigenvalue weighted by Gasteiger charge is 2.09. The van der Waals surface area contributed by atoms with Gasteiger partial charge in [-0.05, 0) is 20.8 Å². The maximum Gasteiger partial charge on any atom is 0.234 e. The topological polar surface area (TPSA) is 79.8 Å². The maximum atomic E-state index is 11.3. The van der Waals surface area contributed by atoms with Crippen LogP contribution in [0, 0.1) is 0 Å². The van der Waals surface area contributed by atoms with E-state index in [-0.39, 0.29) is 31.2 Å². The molecule has 2 unspecified atom stereocenters. The van der Waals surface area contributed by atoms with Crippen molar-refractivity contribution in [3.05, 3.63) is 0 Å². The fourth-order valence-corrected chi connectivity index (χ4v) is 1.34. The predicted molar refractivity (Wildman–Crippen MR) is 69.4 cm³/mol. The zero-order chi connectivity index (χ0) is 14.0. The lowest BCUT2D eigenvalue weighted by atomic mass is 10.3. The van der Waals surface area contributed by atoms with Crippen LogP contribution < -0.4 is 10.6 Å². The Morgan fingerprint density at radius 3 is 2.50 bits per heavy atom. The molecule has 0 rings (SSSR count). The number of hydrogen-bond donors (Lipinski definition) is 3. The first kappa shape index (κ1) is 17.3. The van der Waals surface area contributed by atoms with Gasteiger partial charge in [-0.15, -0.1) is 0 Å². The number of nitrogens with one attached hydrogen (secondary N) is 2. The third-order valence-electron chi connectivity index (χ3n) is 2.09. The van der Waals surface area contributed by atoms with Crippen LogP contribution in [0.1, 0.15) is 20.8 Å². The molecule has 0 aromatic rings. The Hall–Kier alpha value is -0.690. The van der Waals surface area contributed by atoms with E-state index in [2.05, 4.69) is 10.6 Å². The van der Waals surface area contributed by atoms with Crippen LogP contribution >= 0.6 is 0 Å². The summed E-state index contributed by atoms with van der Waals surface area (Å²) in [5, 5.41) is 15.2.